The monoisotopic (exact) mass is 482 g/mol. The third-order valence-electron chi connectivity index (χ3n) is 3.78. The number of hydrogen-bond acceptors (Lipinski definition) is 7. The molecular formula is C20H20BrClN2O5. The van der Waals surface area contributed by atoms with Gasteiger partial charge in [-0.25, -0.2) is 4.79 Å². The number of carbonyl (C=O) groups excluding carboxylic acids is 1. The van der Waals surface area contributed by atoms with Crippen LogP contribution in [0.15, 0.2) is 57.2 Å². The maximum atomic E-state index is 12.1. The van der Waals surface area contributed by atoms with E-state index in [0.29, 0.717) is 21.9 Å². The first kappa shape index (κ1) is 22.9. The van der Waals surface area contributed by atoms with Crippen molar-refractivity contribution in [3.05, 3.63) is 68.7 Å². The summed E-state index contributed by atoms with van der Waals surface area (Å²) in [6, 6.07) is 12.6. The molecule has 2 rings (SSSR count). The van der Waals surface area contributed by atoms with Crippen molar-refractivity contribution >= 4 is 44.9 Å². The number of benzene rings is 2. The molecule has 2 aromatic rings. The molecule has 0 aliphatic carbocycles. The van der Waals surface area contributed by atoms with E-state index in [4.69, 9.17) is 30.7 Å². The Hall–Kier alpha value is -2.42. The molecular weight excluding hydrogens is 464 g/mol. The number of esters is 1. The summed E-state index contributed by atoms with van der Waals surface area (Å²) in [5, 5.41) is 8.36. The van der Waals surface area contributed by atoms with Crippen molar-refractivity contribution in [2.75, 3.05) is 27.9 Å². The van der Waals surface area contributed by atoms with E-state index in [0.717, 1.165) is 10.0 Å². The van der Waals surface area contributed by atoms with Gasteiger partial charge in [-0.15, -0.1) is 0 Å². The number of methoxy groups -OCH3 is 2. The van der Waals surface area contributed by atoms with Crippen LogP contribution in [-0.2, 0) is 30.6 Å². The fourth-order valence-electron chi connectivity index (χ4n) is 2.47. The topological polar surface area (TPSA) is 78.7 Å². The van der Waals surface area contributed by atoms with Crippen LogP contribution in [0.5, 0.6) is 0 Å². The molecule has 0 unspecified atom stereocenters. The first-order valence-electron chi connectivity index (χ1n) is 8.43. The van der Waals surface area contributed by atoms with Crippen LogP contribution in [0.3, 0.4) is 0 Å². The van der Waals surface area contributed by atoms with Gasteiger partial charge in [0.25, 0.3) is 0 Å². The summed E-state index contributed by atoms with van der Waals surface area (Å²) in [5.41, 5.74) is 2.35. The quantitative estimate of drug-likeness (QED) is 0.303. The molecule has 29 heavy (non-hydrogen) atoms. The number of carbonyl (C=O) groups is 1. The zero-order valence-corrected chi connectivity index (χ0v) is 18.5. The molecule has 154 valence electrons. The lowest BCUT2D eigenvalue weighted by Gasteiger charge is -2.12. The summed E-state index contributed by atoms with van der Waals surface area (Å²) in [6.07, 6.45) is 0. The minimum absolute atomic E-state index is 0.00754. The third-order valence-corrected chi connectivity index (χ3v) is 4.83. The molecule has 0 atom stereocenters. The van der Waals surface area contributed by atoms with Gasteiger partial charge >= 0.3 is 5.97 Å². The highest BCUT2D eigenvalue weighted by Gasteiger charge is 2.21. The van der Waals surface area contributed by atoms with Gasteiger partial charge in [-0.2, -0.15) is 0 Å². The number of halogens is 2. The van der Waals surface area contributed by atoms with E-state index in [1.807, 2.05) is 24.3 Å². The van der Waals surface area contributed by atoms with E-state index in [1.54, 1.807) is 25.3 Å². The third kappa shape index (κ3) is 6.03. The molecule has 0 aromatic heterocycles. The summed E-state index contributed by atoms with van der Waals surface area (Å²) in [4.78, 5) is 22.4. The second kappa shape index (κ2) is 11.5. The van der Waals surface area contributed by atoms with Gasteiger partial charge in [0.2, 0.25) is 0 Å². The van der Waals surface area contributed by atoms with Crippen LogP contribution >= 0.6 is 27.5 Å². The predicted octanol–water partition coefficient (Wildman–Crippen LogP) is 4.19. The molecule has 0 aliphatic rings. The highest BCUT2D eigenvalue weighted by molar-refractivity contribution is 9.10. The number of hydrogen-bond donors (Lipinski definition) is 0. The molecule has 0 heterocycles. The van der Waals surface area contributed by atoms with Gasteiger partial charge in [0, 0.05) is 33.3 Å². The summed E-state index contributed by atoms with van der Waals surface area (Å²) in [7, 11) is 4.17. The molecule has 0 amide bonds. The van der Waals surface area contributed by atoms with E-state index < -0.39 is 5.97 Å². The van der Waals surface area contributed by atoms with Gasteiger partial charge in [-0.3, -0.25) is 0 Å². The van der Waals surface area contributed by atoms with Crippen molar-refractivity contribution in [1.82, 2.24) is 0 Å². The van der Waals surface area contributed by atoms with Crippen LogP contribution in [0.25, 0.3) is 0 Å². The summed E-state index contributed by atoms with van der Waals surface area (Å²) in [6.45, 7) is 0.239. The van der Waals surface area contributed by atoms with Gasteiger partial charge in [0.05, 0.1) is 13.7 Å². The van der Waals surface area contributed by atoms with Gasteiger partial charge in [-0.05, 0) is 12.1 Å². The minimum Gasteiger partial charge on any atom is -0.464 e. The Morgan fingerprint density at radius 2 is 1.76 bits per heavy atom. The summed E-state index contributed by atoms with van der Waals surface area (Å²) < 4.78 is 10.9. The molecule has 0 spiro atoms. The number of nitrogens with zero attached hydrogens (tertiary/aromatic N) is 2. The Morgan fingerprint density at radius 3 is 2.41 bits per heavy atom. The highest BCUT2D eigenvalue weighted by atomic mass is 79.9. The molecule has 0 N–H and O–H groups in total. The summed E-state index contributed by atoms with van der Waals surface area (Å²) >= 11 is 9.82. The zero-order valence-electron chi connectivity index (χ0n) is 16.1. The van der Waals surface area contributed by atoms with E-state index in [9.17, 15) is 4.79 Å². The molecule has 0 radical (unpaired) electrons. The Labute approximate surface area is 182 Å². The molecule has 0 saturated carbocycles. The lowest BCUT2D eigenvalue weighted by atomic mass is 10.0. The molecule has 9 heteroatoms. The van der Waals surface area contributed by atoms with Gasteiger partial charge in [0.1, 0.15) is 19.4 Å². The Kier molecular flexibility index (Phi) is 9.11. The van der Waals surface area contributed by atoms with Gasteiger partial charge in [0.15, 0.2) is 5.71 Å². The van der Waals surface area contributed by atoms with Gasteiger partial charge < -0.3 is 19.1 Å². The van der Waals surface area contributed by atoms with Crippen molar-refractivity contribution < 1.29 is 23.9 Å². The SMILES string of the molecule is COC/C(=N\OCc1c(Cl)cccc1/C(=N\OC)C(=O)OC)c1ccccc1Br. The van der Waals surface area contributed by atoms with Crippen LogP contribution in [0, 0.1) is 0 Å². The van der Waals surface area contributed by atoms with Crippen LogP contribution < -0.4 is 0 Å². The van der Waals surface area contributed by atoms with E-state index >= 15 is 0 Å². The van der Waals surface area contributed by atoms with Crippen LogP contribution in [0.2, 0.25) is 5.02 Å². The molecule has 7 nitrogen and oxygen atoms in total. The normalized spacial score (nSPS) is 11.9. The van der Waals surface area contributed by atoms with Crippen LogP contribution in [0.1, 0.15) is 16.7 Å². The van der Waals surface area contributed by atoms with Crippen molar-refractivity contribution in [2.45, 2.75) is 6.61 Å². The smallest absolute Gasteiger partial charge is 0.360 e. The van der Waals surface area contributed by atoms with Crippen molar-refractivity contribution in [3.63, 3.8) is 0 Å². The number of oxime groups is 2. The van der Waals surface area contributed by atoms with Crippen molar-refractivity contribution in [1.29, 1.82) is 0 Å². The Balaban J connectivity index is 2.34. The Bertz CT molecular complexity index is 917. The molecule has 0 bridgehead atoms. The molecule has 0 fully saturated rings. The lowest BCUT2D eigenvalue weighted by Crippen LogP contribution is -2.19. The summed E-state index contributed by atoms with van der Waals surface area (Å²) in [5.74, 6) is -0.660. The Morgan fingerprint density at radius 1 is 1.03 bits per heavy atom. The fraction of sp³-hybridized carbons (Fsp3) is 0.250. The van der Waals surface area contributed by atoms with Crippen molar-refractivity contribution in [3.8, 4) is 0 Å². The molecule has 2 aromatic carbocycles. The second-order valence-electron chi connectivity index (χ2n) is 5.60. The van der Waals surface area contributed by atoms with E-state index in [2.05, 4.69) is 26.2 Å². The van der Waals surface area contributed by atoms with E-state index in [-0.39, 0.29) is 18.9 Å². The largest absolute Gasteiger partial charge is 0.464 e. The van der Waals surface area contributed by atoms with Crippen molar-refractivity contribution in [2.24, 2.45) is 10.3 Å². The standard InChI is InChI=1S/C20H20BrClN2O5/c1-26-12-18(14-7-4-5-9-16(14)21)23-29-11-15-13(8-6-10-17(15)22)19(24-28-3)20(25)27-2/h4-10H,11-12H2,1-3H3/b23-18+,24-19+. The zero-order chi connectivity index (χ0) is 21.2. The maximum Gasteiger partial charge on any atom is 0.360 e. The first-order chi connectivity index (χ1) is 14.0. The van der Waals surface area contributed by atoms with Crippen LogP contribution in [-0.4, -0.2) is 45.3 Å². The maximum absolute atomic E-state index is 12.1. The van der Waals surface area contributed by atoms with E-state index in [1.165, 1.54) is 14.2 Å². The number of ether oxygens (including phenoxy) is 2. The molecule has 0 aliphatic heterocycles. The predicted molar refractivity (Wildman–Crippen MR) is 114 cm³/mol. The minimum atomic E-state index is -0.660. The highest BCUT2D eigenvalue weighted by Crippen LogP contribution is 2.23. The fourth-order valence-corrected chi connectivity index (χ4v) is 3.21. The first-order valence-corrected chi connectivity index (χ1v) is 9.60. The average Bonchev–Trinajstić information content (AvgIpc) is 2.72. The lowest BCUT2D eigenvalue weighted by molar-refractivity contribution is -0.132. The number of rotatable bonds is 9. The van der Waals surface area contributed by atoms with Gasteiger partial charge in [-0.1, -0.05) is 68.2 Å². The van der Waals surface area contributed by atoms with Crippen LogP contribution in [0.4, 0.5) is 0 Å². The second-order valence-corrected chi connectivity index (χ2v) is 6.87. The average molecular weight is 484 g/mol. The molecule has 0 saturated heterocycles.